The first-order valence-corrected chi connectivity index (χ1v) is 27.3. The van der Waals surface area contributed by atoms with Gasteiger partial charge in [-0.25, -0.2) is 4.57 Å². The second kappa shape index (κ2) is 42.8. The molecule has 6 atom stereocenters. The number of ether oxygens (including phenoxy) is 2. The number of hydrogen-bond acceptors (Lipinski definition) is 11. The summed E-state index contributed by atoms with van der Waals surface area (Å²) in [6, 6.07) is 0. The predicted molar refractivity (Wildman–Crippen MR) is 267 cm³/mol. The van der Waals surface area contributed by atoms with E-state index in [1.165, 1.54) is 109 Å². The first-order chi connectivity index (χ1) is 32.0. The number of esters is 1. The minimum atomic E-state index is -5.04. The van der Waals surface area contributed by atoms with E-state index in [0.29, 0.717) is 13.0 Å². The van der Waals surface area contributed by atoms with Gasteiger partial charge in [0.15, 0.2) is 0 Å². The highest BCUT2D eigenvalue weighted by molar-refractivity contribution is 7.47. The molecule has 0 spiro atoms. The van der Waals surface area contributed by atoms with Gasteiger partial charge in [-0.1, -0.05) is 209 Å². The molecule has 1 aliphatic rings. The number of allylic oxidation sites excluding steroid dienone is 12. The van der Waals surface area contributed by atoms with Crippen molar-refractivity contribution < 1.29 is 58.3 Å². The molecule has 6 N–H and O–H groups in total. The van der Waals surface area contributed by atoms with Crippen LogP contribution in [-0.2, 0) is 27.9 Å². The van der Waals surface area contributed by atoms with Crippen molar-refractivity contribution in [3.05, 3.63) is 72.9 Å². The zero-order valence-corrected chi connectivity index (χ0v) is 41.9. The molecule has 1 fully saturated rings. The Hall–Kier alpha value is -2.22. The summed E-state index contributed by atoms with van der Waals surface area (Å²) < 4.78 is 34.2. The number of unbranched alkanes of at least 4 members (excludes halogenated alkanes) is 19. The van der Waals surface area contributed by atoms with Crippen LogP contribution in [0.1, 0.15) is 194 Å². The minimum Gasteiger partial charge on any atom is -0.457 e. The van der Waals surface area contributed by atoms with E-state index < -0.39 is 63.1 Å². The molecule has 0 saturated heterocycles. The normalized spacial score (nSPS) is 22.0. The van der Waals surface area contributed by atoms with Gasteiger partial charge in [-0.2, -0.15) is 0 Å². The topological polar surface area (TPSA) is 192 Å². The molecule has 66 heavy (non-hydrogen) atoms. The molecule has 0 radical (unpaired) electrons. The first kappa shape index (κ1) is 61.8. The van der Waals surface area contributed by atoms with Crippen LogP contribution in [0.3, 0.4) is 0 Å². The van der Waals surface area contributed by atoms with E-state index in [4.69, 9.17) is 18.5 Å². The highest BCUT2D eigenvalue weighted by Crippen LogP contribution is 2.47. The van der Waals surface area contributed by atoms with Crippen LogP contribution >= 0.6 is 7.82 Å². The summed E-state index contributed by atoms with van der Waals surface area (Å²) >= 11 is 0. The van der Waals surface area contributed by atoms with E-state index in [-0.39, 0.29) is 13.0 Å². The Morgan fingerprint density at radius 2 is 0.864 bits per heavy atom. The van der Waals surface area contributed by atoms with Crippen molar-refractivity contribution >= 4 is 13.8 Å². The molecule has 6 unspecified atom stereocenters. The third-order valence-electron chi connectivity index (χ3n) is 11.6. The van der Waals surface area contributed by atoms with Gasteiger partial charge in [0.2, 0.25) is 0 Å². The van der Waals surface area contributed by atoms with Gasteiger partial charge in [0.25, 0.3) is 0 Å². The molecule has 0 aromatic heterocycles. The van der Waals surface area contributed by atoms with Crippen LogP contribution < -0.4 is 0 Å². The minimum absolute atomic E-state index is 0.0594. The van der Waals surface area contributed by atoms with E-state index in [2.05, 4.69) is 74.6 Å². The number of rotatable bonds is 43. The van der Waals surface area contributed by atoms with Crippen molar-refractivity contribution in [3.63, 3.8) is 0 Å². The Morgan fingerprint density at radius 1 is 0.500 bits per heavy atom. The summed E-state index contributed by atoms with van der Waals surface area (Å²) in [5.74, 6) is -0.558. The summed E-state index contributed by atoms with van der Waals surface area (Å²) in [6.07, 6.45) is 44.1. The SMILES string of the molecule is CC/C=C\C/C=C\C/C=C\C/C=C\C/C=C\C/C=C\CCC(=O)OC(COCCCCCCCCCCCCCCCCCCCCCC)COP(=O)(O)OC1C(O)C(O)C(O)C(O)C1O. The quantitative estimate of drug-likeness (QED) is 0.0147. The van der Waals surface area contributed by atoms with E-state index >= 15 is 0 Å². The van der Waals surface area contributed by atoms with Gasteiger partial charge >= 0.3 is 13.8 Å². The molecule has 382 valence electrons. The molecular formula is C53H93O12P. The van der Waals surface area contributed by atoms with Gasteiger partial charge in [0, 0.05) is 13.0 Å². The van der Waals surface area contributed by atoms with Crippen LogP contribution in [0.15, 0.2) is 72.9 Å². The van der Waals surface area contributed by atoms with Crippen LogP contribution in [0, 0.1) is 0 Å². The van der Waals surface area contributed by atoms with E-state index in [1.54, 1.807) is 0 Å². The fraction of sp³-hybridized carbons (Fsp3) is 0.755. The number of carbonyl (C=O) groups is 1. The van der Waals surface area contributed by atoms with E-state index in [9.17, 15) is 39.8 Å². The molecule has 1 saturated carbocycles. The fourth-order valence-corrected chi connectivity index (χ4v) is 8.53. The Labute approximate surface area is 400 Å². The van der Waals surface area contributed by atoms with E-state index in [0.717, 1.165) is 57.8 Å². The maximum Gasteiger partial charge on any atom is 0.472 e. The molecule has 0 bridgehead atoms. The number of hydrogen-bond donors (Lipinski definition) is 6. The van der Waals surface area contributed by atoms with Gasteiger partial charge in [0.1, 0.15) is 42.7 Å². The van der Waals surface area contributed by atoms with Crippen molar-refractivity contribution in [1.29, 1.82) is 0 Å². The molecule has 0 aromatic rings. The maximum absolute atomic E-state index is 12.8. The summed E-state index contributed by atoms with van der Waals surface area (Å²) in [5, 5.41) is 50.3. The zero-order valence-electron chi connectivity index (χ0n) is 41.0. The van der Waals surface area contributed by atoms with Crippen LogP contribution in [0.25, 0.3) is 0 Å². The Bertz CT molecular complexity index is 1360. The number of aliphatic hydroxyl groups excluding tert-OH is 5. The highest BCUT2D eigenvalue weighted by Gasteiger charge is 2.51. The second-order valence-electron chi connectivity index (χ2n) is 17.6. The summed E-state index contributed by atoms with van der Waals surface area (Å²) in [4.78, 5) is 23.2. The molecule has 13 heteroatoms. The van der Waals surface area contributed by atoms with Crippen LogP contribution in [0.4, 0.5) is 0 Å². The van der Waals surface area contributed by atoms with Crippen LogP contribution in [0.5, 0.6) is 0 Å². The third kappa shape index (κ3) is 34.1. The molecule has 12 nitrogen and oxygen atoms in total. The van der Waals surface area contributed by atoms with Crippen LogP contribution in [0.2, 0.25) is 0 Å². The molecule has 0 aromatic carbocycles. The number of phosphoric ester groups is 1. The highest BCUT2D eigenvalue weighted by atomic mass is 31.2. The van der Waals surface area contributed by atoms with Gasteiger partial charge in [-0.15, -0.1) is 0 Å². The average Bonchev–Trinajstić information content (AvgIpc) is 3.30. The standard InChI is InChI=1S/C53H93O12P/c1-3-5-7-9-11-13-15-17-19-21-23-25-27-29-31-33-35-37-39-41-43-62-44-46(45-63-66(60,61)65-53-51(58)49(56)48(55)50(57)52(53)59)64-47(54)42-40-38-36-34-32-30-28-26-24-22-20-18-16-14-12-10-8-6-4-2/h6,8,12,14,18,20,24,26,30,32,36,38,46,48-53,55-59H,3-5,7,9-11,13,15-17,19,21-23,25,27-29,31,33-35,37,39-45H2,1-2H3,(H,60,61)/b8-6-,14-12-,20-18-,26-24-,32-30-,38-36-. The lowest BCUT2D eigenvalue weighted by atomic mass is 9.85. The summed E-state index contributed by atoms with van der Waals surface area (Å²) in [7, 11) is -5.04. The van der Waals surface area contributed by atoms with Gasteiger partial charge < -0.3 is 39.9 Å². The summed E-state index contributed by atoms with van der Waals surface area (Å²) in [6.45, 7) is 4.09. The van der Waals surface area contributed by atoms with Crippen molar-refractivity contribution in [3.8, 4) is 0 Å². The van der Waals surface area contributed by atoms with Crippen molar-refractivity contribution in [2.45, 2.75) is 236 Å². The van der Waals surface area contributed by atoms with Crippen molar-refractivity contribution in [2.75, 3.05) is 19.8 Å². The second-order valence-corrected chi connectivity index (χ2v) is 19.1. The number of aliphatic hydroxyl groups is 5. The Morgan fingerprint density at radius 3 is 1.27 bits per heavy atom. The monoisotopic (exact) mass is 953 g/mol. The summed E-state index contributed by atoms with van der Waals surface area (Å²) in [5.41, 5.74) is 0. The Kier molecular flexibility index (Phi) is 40.1. The van der Waals surface area contributed by atoms with Gasteiger partial charge in [-0.05, 0) is 51.4 Å². The smallest absolute Gasteiger partial charge is 0.457 e. The Balaban J connectivity index is 2.39. The average molecular weight is 953 g/mol. The molecular weight excluding hydrogens is 860 g/mol. The lowest BCUT2D eigenvalue weighted by Gasteiger charge is -2.41. The molecule has 0 heterocycles. The number of phosphoric acid groups is 1. The zero-order chi connectivity index (χ0) is 48.4. The largest absolute Gasteiger partial charge is 0.472 e. The molecule has 0 aliphatic heterocycles. The van der Waals surface area contributed by atoms with E-state index in [1.807, 2.05) is 12.2 Å². The first-order valence-electron chi connectivity index (χ1n) is 25.8. The third-order valence-corrected chi connectivity index (χ3v) is 12.6. The van der Waals surface area contributed by atoms with Crippen molar-refractivity contribution in [1.82, 2.24) is 0 Å². The molecule has 1 aliphatic carbocycles. The number of carbonyl (C=O) groups excluding carboxylic acids is 1. The van der Waals surface area contributed by atoms with Crippen molar-refractivity contribution in [2.24, 2.45) is 0 Å². The van der Waals surface area contributed by atoms with Gasteiger partial charge in [-0.3, -0.25) is 13.8 Å². The molecule has 1 rings (SSSR count). The predicted octanol–water partition coefficient (Wildman–Crippen LogP) is 11.5. The van der Waals surface area contributed by atoms with Crippen LogP contribution in [-0.4, -0.2) is 98.9 Å². The lowest BCUT2D eigenvalue weighted by Crippen LogP contribution is -2.64. The molecule has 0 amide bonds. The maximum atomic E-state index is 12.8. The van der Waals surface area contributed by atoms with Gasteiger partial charge in [0.05, 0.1) is 13.2 Å². The lowest BCUT2D eigenvalue weighted by molar-refractivity contribution is -0.220. The fourth-order valence-electron chi connectivity index (χ4n) is 7.56.